The molecule has 0 unspecified atom stereocenters. The van der Waals surface area contributed by atoms with Crippen LogP contribution in [-0.2, 0) is 4.74 Å². The van der Waals surface area contributed by atoms with Crippen LogP contribution in [0.1, 0.15) is 29.9 Å². The maximum atomic E-state index is 12.6. The van der Waals surface area contributed by atoms with Crippen LogP contribution in [0.25, 0.3) is 0 Å². The molecule has 4 heterocycles. The number of rotatable bonds is 3. The predicted octanol–water partition coefficient (Wildman–Crippen LogP) is 1.71. The summed E-state index contributed by atoms with van der Waals surface area (Å²) in [6, 6.07) is 7.30. The second-order valence-corrected chi connectivity index (χ2v) is 6.51. The molecular formula is C18H20N4O3. The lowest BCUT2D eigenvalue weighted by molar-refractivity contribution is -0.0456. The normalized spacial score (nSPS) is 25.9. The van der Waals surface area contributed by atoms with Crippen LogP contribution in [0.2, 0.25) is 0 Å². The number of carbonyl (C=O) groups excluding carboxylic acids is 1. The van der Waals surface area contributed by atoms with Crippen molar-refractivity contribution in [2.24, 2.45) is 0 Å². The minimum absolute atomic E-state index is 0.0436. The number of aromatic nitrogens is 3. The zero-order valence-electron chi connectivity index (χ0n) is 13.9. The van der Waals surface area contributed by atoms with Crippen LogP contribution >= 0.6 is 0 Å². The van der Waals surface area contributed by atoms with Gasteiger partial charge in [-0.05, 0) is 25.0 Å². The van der Waals surface area contributed by atoms with E-state index in [1.807, 2.05) is 18.2 Å². The van der Waals surface area contributed by atoms with E-state index >= 15 is 0 Å². The van der Waals surface area contributed by atoms with Gasteiger partial charge in [0.1, 0.15) is 6.10 Å². The van der Waals surface area contributed by atoms with Gasteiger partial charge in [-0.3, -0.25) is 4.79 Å². The Kier molecular flexibility index (Phi) is 4.31. The third-order valence-electron chi connectivity index (χ3n) is 4.68. The van der Waals surface area contributed by atoms with E-state index in [-0.39, 0.29) is 23.4 Å². The van der Waals surface area contributed by atoms with Crippen molar-refractivity contribution in [2.45, 2.75) is 31.0 Å². The Balaban J connectivity index is 1.42. The number of likely N-dealkylation sites (tertiary alicyclic amines) is 1. The highest BCUT2D eigenvalue weighted by molar-refractivity contribution is 5.90. The summed E-state index contributed by atoms with van der Waals surface area (Å²) in [6.07, 6.45) is 7.41. The highest BCUT2D eigenvalue weighted by atomic mass is 16.6. The molecule has 2 saturated heterocycles. The number of nitrogens with zero attached hydrogens (tertiary/aromatic N) is 4. The van der Waals surface area contributed by atoms with E-state index in [1.54, 1.807) is 29.6 Å². The molecule has 0 bridgehead atoms. The summed E-state index contributed by atoms with van der Waals surface area (Å²) in [6.45, 7) is 1.76. The minimum atomic E-state index is -0.345. The molecule has 25 heavy (non-hydrogen) atoms. The molecule has 1 spiro atoms. The summed E-state index contributed by atoms with van der Waals surface area (Å²) in [5.74, 6) is 0.700. The van der Waals surface area contributed by atoms with E-state index in [0.717, 1.165) is 19.3 Å². The number of ether oxygens (including phenoxy) is 2. The molecule has 130 valence electrons. The van der Waals surface area contributed by atoms with E-state index in [4.69, 9.17) is 9.47 Å². The fourth-order valence-corrected chi connectivity index (χ4v) is 3.57. The summed E-state index contributed by atoms with van der Waals surface area (Å²) >= 11 is 0. The number of piperidine rings is 1. The maximum Gasteiger partial charge on any atom is 0.291 e. The van der Waals surface area contributed by atoms with Gasteiger partial charge in [0.15, 0.2) is 0 Å². The smallest absolute Gasteiger partial charge is 0.291 e. The lowest BCUT2D eigenvalue weighted by Gasteiger charge is -2.39. The fourth-order valence-electron chi connectivity index (χ4n) is 3.57. The third kappa shape index (κ3) is 3.46. The summed E-state index contributed by atoms with van der Waals surface area (Å²) in [5.41, 5.74) is -0.345. The topological polar surface area (TPSA) is 77.4 Å². The first-order valence-corrected chi connectivity index (χ1v) is 8.52. The monoisotopic (exact) mass is 340 g/mol. The quantitative estimate of drug-likeness (QED) is 0.847. The van der Waals surface area contributed by atoms with E-state index in [0.29, 0.717) is 25.6 Å². The third-order valence-corrected chi connectivity index (χ3v) is 4.68. The maximum absolute atomic E-state index is 12.6. The first-order valence-electron chi connectivity index (χ1n) is 8.52. The highest BCUT2D eigenvalue weighted by Gasteiger charge is 2.45. The molecule has 2 aliphatic rings. The molecule has 0 saturated carbocycles. The van der Waals surface area contributed by atoms with Crippen LogP contribution in [0, 0.1) is 0 Å². The van der Waals surface area contributed by atoms with Gasteiger partial charge in [-0.25, -0.2) is 15.0 Å². The van der Waals surface area contributed by atoms with E-state index in [2.05, 4.69) is 15.0 Å². The van der Waals surface area contributed by atoms with Crippen LogP contribution in [0.5, 0.6) is 5.88 Å². The van der Waals surface area contributed by atoms with Gasteiger partial charge in [0.05, 0.1) is 18.8 Å². The summed E-state index contributed by atoms with van der Waals surface area (Å²) < 4.78 is 12.0. The number of hydrogen-bond donors (Lipinski definition) is 0. The molecule has 0 radical (unpaired) electrons. The second kappa shape index (κ2) is 6.76. The van der Waals surface area contributed by atoms with E-state index < -0.39 is 0 Å². The molecule has 4 rings (SSSR count). The molecule has 0 N–H and O–H groups in total. The molecule has 0 aliphatic carbocycles. The molecule has 7 nitrogen and oxygen atoms in total. The lowest BCUT2D eigenvalue weighted by atomic mass is 9.89. The Morgan fingerprint density at radius 2 is 2.04 bits per heavy atom. The van der Waals surface area contributed by atoms with Crippen LogP contribution in [0.15, 0.2) is 42.9 Å². The van der Waals surface area contributed by atoms with Crippen molar-refractivity contribution < 1.29 is 14.3 Å². The standard InChI is InChI=1S/C18H20N4O3/c23-17(16-20-8-4-9-21-16)22-10-3-6-18(13-22)11-14(12-24-18)25-15-5-1-2-7-19-15/h1-2,4-5,7-9,14H,3,6,10-13H2/t14-,18+/m1/s1. The molecule has 7 heteroatoms. The van der Waals surface area contributed by atoms with Crippen LogP contribution in [-0.4, -0.2) is 57.2 Å². The molecule has 2 fully saturated rings. The zero-order chi connectivity index (χ0) is 17.1. The van der Waals surface area contributed by atoms with E-state index in [9.17, 15) is 4.79 Å². The SMILES string of the molecule is O=C(c1ncccn1)N1CCC[C@]2(C[C@@H](Oc3ccccn3)CO2)C1. The van der Waals surface area contributed by atoms with Gasteiger partial charge in [0.2, 0.25) is 11.7 Å². The largest absolute Gasteiger partial charge is 0.472 e. The van der Waals surface area contributed by atoms with Crippen LogP contribution < -0.4 is 4.74 Å². The molecule has 2 aromatic rings. The Morgan fingerprint density at radius 1 is 1.20 bits per heavy atom. The number of amides is 1. The number of hydrogen-bond acceptors (Lipinski definition) is 6. The van der Waals surface area contributed by atoms with Crippen molar-refractivity contribution >= 4 is 5.91 Å². The summed E-state index contributed by atoms with van der Waals surface area (Å²) in [4.78, 5) is 26.7. The average molecular weight is 340 g/mol. The van der Waals surface area contributed by atoms with Gasteiger partial charge in [-0.2, -0.15) is 0 Å². The van der Waals surface area contributed by atoms with Gasteiger partial charge in [-0.1, -0.05) is 6.07 Å². The summed E-state index contributed by atoms with van der Waals surface area (Å²) in [5, 5.41) is 0. The van der Waals surface area contributed by atoms with Gasteiger partial charge >= 0.3 is 0 Å². The van der Waals surface area contributed by atoms with Gasteiger partial charge in [0, 0.05) is 37.6 Å². The van der Waals surface area contributed by atoms with E-state index in [1.165, 1.54) is 0 Å². The van der Waals surface area contributed by atoms with Crippen molar-refractivity contribution in [3.63, 3.8) is 0 Å². The Labute approximate surface area is 146 Å². The van der Waals surface area contributed by atoms with Crippen molar-refractivity contribution in [2.75, 3.05) is 19.7 Å². The fraction of sp³-hybridized carbons (Fsp3) is 0.444. The lowest BCUT2D eigenvalue weighted by Crippen LogP contribution is -2.50. The first kappa shape index (κ1) is 16.0. The van der Waals surface area contributed by atoms with Crippen molar-refractivity contribution in [3.8, 4) is 5.88 Å². The van der Waals surface area contributed by atoms with Gasteiger partial charge in [0.25, 0.3) is 5.91 Å². The number of carbonyl (C=O) groups is 1. The molecule has 2 aliphatic heterocycles. The van der Waals surface area contributed by atoms with Gasteiger partial charge < -0.3 is 14.4 Å². The predicted molar refractivity (Wildman–Crippen MR) is 89.1 cm³/mol. The molecule has 2 aromatic heterocycles. The Morgan fingerprint density at radius 3 is 2.84 bits per heavy atom. The number of pyridine rings is 1. The van der Waals surface area contributed by atoms with Crippen molar-refractivity contribution in [1.82, 2.24) is 19.9 Å². The highest BCUT2D eigenvalue weighted by Crippen LogP contribution is 2.36. The zero-order valence-corrected chi connectivity index (χ0v) is 13.9. The van der Waals surface area contributed by atoms with Gasteiger partial charge in [-0.15, -0.1) is 0 Å². The minimum Gasteiger partial charge on any atom is -0.472 e. The Bertz CT molecular complexity index is 728. The van der Waals surface area contributed by atoms with Crippen LogP contribution in [0.3, 0.4) is 0 Å². The second-order valence-electron chi connectivity index (χ2n) is 6.51. The van der Waals surface area contributed by atoms with Crippen molar-refractivity contribution in [1.29, 1.82) is 0 Å². The van der Waals surface area contributed by atoms with Crippen molar-refractivity contribution in [3.05, 3.63) is 48.7 Å². The molecule has 0 aromatic carbocycles. The Hall–Kier alpha value is -2.54. The first-order chi connectivity index (χ1) is 12.2. The van der Waals surface area contributed by atoms with Crippen LogP contribution in [0.4, 0.5) is 0 Å². The molecule has 2 atom stereocenters. The molecular weight excluding hydrogens is 320 g/mol. The summed E-state index contributed by atoms with van der Waals surface area (Å²) in [7, 11) is 0. The molecule has 1 amide bonds. The average Bonchev–Trinajstić information content (AvgIpc) is 3.04.